The van der Waals surface area contributed by atoms with Gasteiger partial charge in [0.15, 0.2) is 0 Å². The minimum atomic E-state index is -3.49. The van der Waals surface area contributed by atoms with Crippen molar-refractivity contribution < 1.29 is 27.9 Å². The SMILES string of the molecule is CN(Cc1csc(C(=O)Nc2c(OCC(O)Cn3ccnc3)cc(Cl)cc2C(=O)Nc2ccc(Cl)cn2)c1Cl)S(C)(=O)=O. The third kappa shape index (κ3) is 8.66. The zero-order valence-electron chi connectivity index (χ0n) is 22.6. The van der Waals surface area contributed by atoms with E-state index < -0.39 is 27.9 Å². The first kappa shape index (κ1) is 32.7. The number of carbonyl (C=O) groups excluding carboxylic acids is 2. The minimum Gasteiger partial charge on any atom is -0.489 e. The van der Waals surface area contributed by atoms with Crippen molar-refractivity contribution >= 4 is 79.5 Å². The molecule has 4 rings (SSSR count). The van der Waals surface area contributed by atoms with Crippen molar-refractivity contribution in [3.05, 3.63) is 85.6 Å². The van der Waals surface area contributed by atoms with E-state index in [2.05, 4.69) is 20.6 Å². The fourth-order valence-corrected chi connectivity index (χ4v) is 5.62. The summed E-state index contributed by atoms with van der Waals surface area (Å²) in [5, 5.41) is 17.9. The molecule has 0 radical (unpaired) electrons. The lowest BCUT2D eigenvalue weighted by Crippen LogP contribution is -2.25. The molecule has 0 saturated heterocycles. The fourth-order valence-electron chi connectivity index (χ4n) is 3.68. The number of carbonyl (C=O) groups is 2. The number of imidazole rings is 1. The number of hydrogen-bond donors (Lipinski definition) is 3. The van der Waals surface area contributed by atoms with Crippen molar-refractivity contribution in [2.45, 2.75) is 19.2 Å². The maximum Gasteiger partial charge on any atom is 0.267 e. The lowest BCUT2D eigenvalue weighted by Gasteiger charge is -2.19. The van der Waals surface area contributed by atoms with Crippen molar-refractivity contribution in [2.75, 3.05) is 30.5 Å². The van der Waals surface area contributed by atoms with E-state index in [4.69, 9.17) is 39.5 Å². The smallest absolute Gasteiger partial charge is 0.267 e. The van der Waals surface area contributed by atoms with E-state index in [1.54, 1.807) is 28.4 Å². The van der Waals surface area contributed by atoms with Gasteiger partial charge in [-0.25, -0.2) is 22.7 Å². The average molecular weight is 688 g/mol. The lowest BCUT2D eigenvalue weighted by atomic mass is 10.1. The first-order valence-corrected chi connectivity index (χ1v) is 16.2. The van der Waals surface area contributed by atoms with Crippen molar-refractivity contribution in [3.63, 3.8) is 0 Å². The largest absolute Gasteiger partial charge is 0.489 e. The van der Waals surface area contributed by atoms with Gasteiger partial charge in [0.25, 0.3) is 11.8 Å². The van der Waals surface area contributed by atoms with Crippen LogP contribution in [0.25, 0.3) is 0 Å². The number of aromatic nitrogens is 3. The van der Waals surface area contributed by atoms with E-state index >= 15 is 0 Å². The number of amides is 2. The molecule has 1 atom stereocenters. The van der Waals surface area contributed by atoms with E-state index in [-0.39, 0.29) is 57.4 Å². The van der Waals surface area contributed by atoms with Gasteiger partial charge in [-0.05, 0) is 29.1 Å². The second kappa shape index (κ2) is 14.0. The molecule has 0 aliphatic heterocycles. The number of halogens is 3. The predicted octanol–water partition coefficient (Wildman–Crippen LogP) is 4.64. The predicted molar refractivity (Wildman–Crippen MR) is 166 cm³/mol. The molecule has 3 aromatic heterocycles. The van der Waals surface area contributed by atoms with Gasteiger partial charge in [-0.3, -0.25) is 9.59 Å². The van der Waals surface area contributed by atoms with E-state index in [0.717, 1.165) is 21.9 Å². The number of pyridine rings is 1. The third-order valence-electron chi connectivity index (χ3n) is 5.90. The molecule has 1 unspecified atom stereocenters. The zero-order chi connectivity index (χ0) is 31.3. The summed E-state index contributed by atoms with van der Waals surface area (Å²) in [5.41, 5.74) is 0.308. The van der Waals surface area contributed by atoms with Crippen LogP contribution in [-0.2, 0) is 23.1 Å². The third-order valence-corrected chi connectivity index (χ3v) is 9.17. The Bertz CT molecular complexity index is 1720. The molecule has 4 aromatic rings. The number of hydrogen-bond acceptors (Lipinski definition) is 9. The van der Waals surface area contributed by atoms with Crippen molar-refractivity contribution in [1.29, 1.82) is 0 Å². The Morgan fingerprint density at radius 1 is 1.16 bits per heavy atom. The first-order valence-electron chi connectivity index (χ1n) is 12.3. The van der Waals surface area contributed by atoms with E-state index in [9.17, 15) is 23.1 Å². The van der Waals surface area contributed by atoms with Crippen molar-refractivity contribution in [3.8, 4) is 5.75 Å². The van der Waals surface area contributed by atoms with Crippen LogP contribution in [0.15, 0.2) is 54.6 Å². The molecule has 0 fully saturated rings. The summed E-state index contributed by atoms with van der Waals surface area (Å²) in [4.78, 5) is 34.9. The first-order chi connectivity index (χ1) is 20.3. The van der Waals surface area contributed by atoms with Crippen molar-refractivity contribution in [1.82, 2.24) is 18.8 Å². The molecule has 0 aliphatic rings. The summed E-state index contributed by atoms with van der Waals surface area (Å²) in [5.74, 6) is -1.17. The highest BCUT2D eigenvalue weighted by Crippen LogP contribution is 2.36. The standard InChI is InChI=1S/C26H25Cl3N6O6S2/c1-34(43(2,39)40)10-15-13-42-24(22(15)29)26(38)33-23-19(25(37)32-21-4-3-16(27)9-31-21)7-17(28)8-20(23)41-12-18(36)11-35-6-5-30-14-35/h3-9,13-14,18,36H,10-12H2,1-2H3,(H,33,38)(H,31,32,37). The molecule has 12 nitrogen and oxygen atoms in total. The van der Waals surface area contributed by atoms with Crippen LogP contribution in [0.5, 0.6) is 5.75 Å². The molecule has 0 spiro atoms. The van der Waals surface area contributed by atoms with Crippen molar-refractivity contribution in [2.24, 2.45) is 0 Å². The van der Waals surface area contributed by atoms with Crippen LogP contribution in [-0.4, -0.2) is 70.2 Å². The number of anilines is 2. The monoisotopic (exact) mass is 686 g/mol. The Morgan fingerprint density at radius 2 is 1.93 bits per heavy atom. The maximum absolute atomic E-state index is 13.5. The zero-order valence-corrected chi connectivity index (χ0v) is 26.5. The molecule has 228 valence electrons. The van der Waals surface area contributed by atoms with Gasteiger partial charge in [-0.2, -0.15) is 0 Å². The molecule has 2 amide bonds. The molecule has 17 heteroatoms. The maximum atomic E-state index is 13.5. The van der Waals surface area contributed by atoms with Crippen LogP contribution in [0.1, 0.15) is 25.6 Å². The van der Waals surface area contributed by atoms with Crippen LogP contribution in [0.3, 0.4) is 0 Å². The highest BCUT2D eigenvalue weighted by atomic mass is 35.5. The molecule has 3 N–H and O–H groups in total. The summed E-state index contributed by atoms with van der Waals surface area (Å²) in [7, 11) is -2.10. The van der Waals surface area contributed by atoms with E-state index in [0.29, 0.717) is 10.6 Å². The number of nitrogens with one attached hydrogen (secondary N) is 2. The molecule has 0 aliphatic carbocycles. The molecule has 0 saturated carbocycles. The number of thiophene rings is 1. The number of benzene rings is 1. The number of aliphatic hydroxyl groups excluding tert-OH is 1. The Labute approximate surface area is 266 Å². The van der Waals surface area contributed by atoms with Crippen LogP contribution in [0.2, 0.25) is 15.1 Å². The molecule has 0 bridgehead atoms. The lowest BCUT2D eigenvalue weighted by molar-refractivity contribution is 0.0925. The molecule has 1 aromatic carbocycles. The Morgan fingerprint density at radius 3 is 2.58 bits per heavy atom. The average Bonchev–Trinajstić information content (AvgIpc) is 3.58. The minimum absolute atomic E-state index is 0.00413. The van der Waals surface area contributed by atoms with E-state index in [1.807, 2.05) is 0 Å². The van der Waals surface area contributed by atoms with Gasteiger partial charge in [0.05, 0.1) is 40.4 Å². The summed E-state index contributed by atoms with van der Waals surface area (Å²) in [6.45, 7) is -0.0937. The topological polar surface area (TPSA) is 156 Å². The number of nitrogens with zero attached hydrogens (tertiary/aromatic N) is 4. The Balaban J connectivity index is 1.64. The number of ether oxygens (including phenoxy) is 1. The molecular weight excluding hydrogens is 663 g/mol. The fraction of sp³-hybridized carbons (Fsp3) is 0.231. The second-order valence-electron chi connectivity index (χ2n) is 9.24. The van der Waals surface area contributed by atoms with Gasteiger partial charge in [0, 0.05) is 43.3 Å². The van der Waals surface area contributed by atoms with Gasteiger partial charge in [-0.15, -0.1) is 11.3 Å². The van der Waals surface area contributed by atoms with E-state index in [1.165, 1.54) is 37.8 Å². The molecule has 43 heavy (non-hydrogen) atoms. The van der Waals surface area contributed by atoms with Crippen LogP contribution >= 0.6 is 46.1 Å². The molecule has 3 heterocycles. The Kier molecular flexibility index (Phi) is 10.7. The highest BCUT2D eigenvalue weighted by Gasteiger charge is 2.25. The van der Waals surface area contributed by atoms with Gasteiger partial charge >= 0.3 is 0 Å². The normalized spacial score (nSPS) is 12.3. The summed E-state index contributed by atoms with van der Waals surface area (Å²) >= 11 is 19.7. The van der Waals surface area contributed by atoms with Crippen LogP contribution in [0.4, 0.5) is 11.5 Å². The Hall–Kier alpha value is -3.24. The van der Waals surface area contributed by atoms with Gasteiger partial charge in [-0.1, -0.05) is 34.8 Å². The van der Waals surface area contributed by atoms with Gasteiger partial charge < -0.3 is 25.0 Å². The van der Waals surface area contributed by atoms with Gasteiger partial charge in [0.1, 0.15) is 29.2 Å². The number of aliphatic hydroxyl groups is 1. The summed E-state index contributed by atoms with van der Waals surface area (Å²) in [6.07, 6.45) is 6.21. The number of sulfonamides is 1. The van der Waals surface area contributed by atoms with Gasteiger partial charge in [0.2, 0.25) is 10.0 Å². The number of rotatable bonds is 12. The van der Waals surface area contributed by atoms with Crippen LogP contribution in [0, 0.1) is 0 Å². The quantitative estimate of drug-likeness (QED) is 0.195. The van der Waals surface area contributed by atoms with Crippen LogP contribution < -0.4 is 15.4 Å². The highest BCUT2D eigenvalue weighted by molar-refractivity contribution is 7.88. The summed E-state index contributed by atoms with van der Waals surface area (Å²) < 4.78 is 32.3. The summed E-state index contributed by atoms with van der Waals surface area (Å²) in [6, 6.07) is 5.76. The molecular formula is C26H25Cl3N6O6S2. The second-order valence-corrected chi connectivity index (χ2v) is 13.5.